The molecule has 0 saturated carbocycles. The zero-order chi connectivity index (χ0) is 13.9. The molecule has 0 unspecified atom stereocenters. The molecule has 1 aromatic carbocycles. The average Bonchev–Trinajstić information content (AvgIpc) is 2.88. The van der Waals surface area contributed by atoms with E-state index in [4.69, 9.17) is 16.3 Å². The number of carbonyl (C=O) groups excluding carboxylic acids is 1. The Morgan fingerprint density at radius 2 is 2.35 bits per heavy atom. The van der Waals surface area contributed by atoms with E-state index in [1.165, 1.54) is 6.33 Å². The van der Waals surface area contributed by atoms with Gasteiger partial charge >= 0.3 is 0 Å². The van der Waals surface area contributed by atoms with Gasteiger partial charge in [-0.25, -0.2) is 9.97 Å². The van der Waals surface area contributed by atoms with Crippen LogP contribution in [0.2, 0.25) is 5.15 Å². The van der Waals surface area contributed by atoms with Crippen LogP contribution in [0.15, 0.2) is 24.5 Å². The zero-order valence-corrected chi connectivity index (χ0v) is 11.6. The van der Waals surface area contributed by atoms with Crippen LogP contribution in [-0.4, -0.2) is 46.9 Å². The summed E-state index contributed by atoms with van der Waals surface area (Å²) in [6.45, 7) is 2.10. The molecular weight excluding hydrogens is 278 g/mol. The van der Waals surface area contributed by atoms with Crippen LogP contribution in [0.4, 0.5) is 0 Å². The Hall–Kier alpha value is -1.72. The Morgan fingerprint density at radius 3 is 3.20 bits per heavy atom. The molecule has 104 valence electrons. The predicted molar refractivity (Wildman–Crippen MR) is 76.1 cm³/mol. The average molecular weight is 292 g/mol. The van der Waals surface area contributed by atoms with Gasteiger partial charge in [0.05, 0.1) is 6.54 Å². The van der Waals surface area contributed by atoms with Gasteiger partial charge in [0.1, 0.15) is 35.1 Å². The Balaban J connectivity index is 1.82. The first kappa shape index (κ1) is 13.3. The molecule has 3 rings (SSSR count). The standard InChI is InChI=1S/C14H14ClN3O2/c15-14-11-2-1-3-12(13(11)16-9-17-14)20-10-4-5-18(8-10)6-7-19/h1-3,7,9-10H,4-6,8H2/t10-/m0/s1. The number of rotatable bonds is 4. The van der Waals surface area contributed by atoms with Crippen molar-refractivity contribution in [2.45, 2.75) is 12.5 Å². The van der Waals surface area contributed by atoms with Crippen LogP contribution >= 0.6 is 11.6 Å². The van der Waals surface area contributed by atoms with Crippen molar-refractivity contribution in [1.82, 2.24) is 14.9 Å². The van der Waals surface area contributed by atoms with Gasteiger partial charge in [-0.1, -0.05) is 17.7 Å². The third-order valence-corrected chi connectivity index (χ3v) is 3.74. The van der Waals surface area contributed by atoms with Gasteiger partial charge in [0.15, 0.2) is 0 Å². The number of aromatic nitrogens is 2. The molecule has 0 bridgehead atoms. The summed E-state index contributed by atoms with van der Waals surface area (Å²) in [6.07, 6.45) is 3.34. The minimum atomic E-state index is 0.0780. The van der Waals surface area contributed by atoms with E-state index in [9.17, 15) is 4.79 Å². The number of hydrogen-bond donors (Lipinski definition) is 0. The van der Waals surface area contributed by atoms with E-state index < -0.39 is 0 Å². The van der Waals surface area contributed by atoms with E-state index in [0.717, 1.165) is 36.7 Å². The number of hydrogen-bond acceptors (Lipinski definition) is 5. The highest BCUT2D eigenvalue weighted by molar-refractivity contribution is 6.34. The number of benzene rings is 1. The van der Waals surface area contributed by atoms with Crippen LogP contribution < -0.4 is 4.74 Å². The lowest BCUT2D eigenvalue weighted by molar-refractivity contribution is -0.108. The lowest BCUT2D eigenvalue weighted by Crippen LogP contribution is -2.26. The molecule has 1 fully saturated rings. The molecule has 0 spiro atoms. The lowest BCUT2D eigenvalue weighted by atomic mass is 10.2. The third-order valence-electron chi connectivity index (χ3n) is 3.43. The summed E-state index contributed by atoms with van der Waals surface area (Å²) in [5, 5.41) is 1.21. The Kier molecular flexibility index (Phi) is 3.80. The Labute approximate surface area is 121 Å². The second-order valence-corrected chi connectivity index (χ2v) is 5.13. The molecule has 2 heterocycles. The van der Waals surface area contributed by atoms with Gasteiger partial charge < -0.3 is 9.53 Å². The number of ether oxygens (including phenoxy) is 1. The number of carbonyl (C=O) groups is 1. The summed E-state index contributed by atoms with van der Waals surface area (Å²) < 4.78 is 6.01. The summed E-state index contributed by atoms with van der Waals surface area (Å²) in [5.74, 6) is 0.713. The maximum absolute atomic E-state index is 10.5. The molecule has 6 heteroatoms. The number of likely N-dealkylation sites (tertiary alicyclic amines) is 1. The third kappa shape index (κ3) is 2.59. The second-order valence-electron chi connectivity index (χ2n) is 4.77. The molecule has 0 amide bonds. The van der Waals surface area contributed by atoms with Crippen molar-refractivity contribution in [2.24, 2.45) is 0 Å². The van der Waals surface area contributed by atoms with Crippen molar-refractivity contribution in [3.05, 3.63) is 29.7 Å². The van der Waals surface area contributed by atoms with Crippen LogP contribution in [0.25, 0.3) is 10.9 Å². The molecule has 0 radical (unpaired) electrons. The van der Waals surface area contributed by atoms with Gasteiger partial charge in [0.2, 0.25) is 0 Å². The van der Waals surface area contributed by atoms with Gasteiger partial charge in [0.25, 0.3) is 0 Å². The highest BCUT2D eigenvalue weighted by Gasteiger charge is 2.24. The summed E-state index contributed by atoms with van der Waals surface area (Å²) in [5.41, 5.74) is 0.723. The number of fused-ring (bicyclic) bond motifs is 1. The summed E-state index contributed by atoms with van der Waals surface area (Å²) in [7, 11) is 0. The van der Waals surface area contributed by atoms with Crippen LogP contribution in [0, 0.1) is 0 Å². The molecule has 1 saturated heterocycles. The van der Waals surface area contributed by atoms with Crippen molar-refractivity contribution in [2.75, 3.05) is 19.6 Å². The van der Waals surface area contributed by atoms with Crippen LogP contribution in [0.5, 0.6) is 5.75 Å². The molecule has 1 aliphatic heterocycles. The van der Waals surface area contributed by atoms with Crippen LogP contribution in [0.3, 0.4) is 0 Å². The van der Waals surface area contributed by atoms with Crippen molar-refractivity contribution < 1.29 is 9.53 Å². The van der Waals surface area contributed by atoms with Crippen LogP contribution in [-0.2, 0) is 4.79 Å². The van der Waals surface area contributed by atoms with E-state index in [2.05, 4.69) is 14.9 Å². The highest BCUT2D eigenvalue weighted by Crippen LogP contribution is 2.29. The van der Waals surface area contributed by atoms with Crippen molar-refractivity contribution >= 4 is 28.8 Å². The first-order valence-electron chi connectivity index (χ1n) is 6.50. The number of para-hydroxylation sites is 1. The Bertz CT molecular complexity index is 635. The molecule has 2 aromatic rings. The number of aldehydes is 1. The lowest BCUT2D eigenvalue weighted by Gasteiger charge is -2.15. The maximum Gasteiger partial charge on any atom is 0.146 e. The fourth-order valence-corrected chi connectivity index (χ4v) is 2.66. The molecule has 0 aliphatic carbocycles. The monoisotopic (exact) mass is 291 g/mol. The predicted octanol–water partition coefficient (Wildman–Crippen LogP) is 1.94. The molecule has 1 atom stereocenters. The first-order chi connectivity index (χ1) is 9.78. The van der Waals surface area contributed by atoms with E-state index in [0.29, 0.717) is 17.4 Å². The molecule has 5 nitrogen and oxygen atoms in total. The van der Waals surface area contributed by atoms with Gasteiger partial charge in [0, 0.05) is 18.5 Å². The van der Waals surface area contributed by atoms with Gasteiger partial charge in [-0.05, 0) is 18.6 Å². The van der Waals surface area contributed by atoms with Crippen molar-refractivity contribution in [1.29, 1.82) is 0 Å². The summed E-state index contributed by atoms with van der Waals surface area (Å²) in [4.78, 5) is 20.8. The largest absolute Gasteiger partial charge is 0.487 e. The fraction of sp³-hybridized carbons (Fsp3) is 0.357. The van der Waals surface area contributed by atoms with Crippen molar-refractivity contribution in [3.8, 4) is 5.75 Å². The van der Waals surface area contributed by atoms with E-state index >= 15 is 0 Å². The number of nitrogens with zero attached hydrogens (tertiary/aromatic N) is 3. The van der Waals surface area contributed by atoms with Gasteiger partial charge in [-0.15, -0.1) is 0 Å². The topological polar surface area (TPSA) is 55.3 Å². The summed E-state index contributed by atoms with van der Waals surface area (Å²) >= 11 is 6.06. The summed E-state index contributed by atoms with van der Waals surface area (Å²) in [6, 6.07) is 5.64. The van der Waals surface area contributed by atoms with Gasteiger partial charge in [-0.3, -0.25) is 4.90 Å². The smallest absolute Gasteiger partial charge is 0.146 e. The number of halogens is 1. The second kappa shape index (κ2) is 5.73. The molecule has 1 aliphatic rings. The molecule has 0 N–H and O–H groups in total. The van der Waals surface area contributed by atoms with E-state index in [1.54, 1.807) is 0 Å². The minimum absolute atomic E-state index is 0.0780. The quantitative estimate of drug-likeness (QED) is 0.636. The van der Waals surface area contributed by atoms with E-state index in [1.807, 2.05) is 18.2 Å². The maximum atomic E-state index is 10.5. The first-order valence-corrected chi connectivity index (χ1v) is 6.87. The molecule has 1 aromatic heterocycles. The van der Waals surface area contributed by atoms with E-state index in [-0.39, 0.29) is 6.10 Å². The fourth-order valence-electron chi connectivity index (χ4n) is 2.47. The molecular formula is C14H14ClN3O2. The SMILES string of the molecule is O=CCN1CC[C@H](Oc2cccc3c(Cl)ncnc23)C1. The zero-order valence-electron chi connectivity index (χ0n) is 10.8. The van der Waals surface area contributed by atoms with Gasteiger partial charge in [-0.2, -0.15) is 0 Å². The Morgan fingerprint density at radius 1 is 1.45 bits per heavy atom. The minimum Gasteiger partial charge on any atom is -0.487 e. The normalized spacial score (nSPS) is 19.4. The highest BCUT2D eigenvalue weighted by atomic mass is 35.5. The van der Waals surface area contributed by atoms with Crippen LogP contribution in [0.1, 0.15) is 6.42 Å². The van der Waals surface area contributed by atoms with Crippen molar-refractivity contribution in [3.63, 3.8) is 0 Å². The molecule has 20 heavy (non-hydrogen) atoms.